The summed E-state index contributed by atoms with van der Waals surface area (Å²) in [4.78, 5) is 44.7. The van der Waals surface area contributed by atoms with E-state index in [0.29, 0.717) is 25.6 Å². The molecule has 0 aliphatic carbocycles. The molecule has 3 N–H and O–H groups in total. The van der Waals surface area contributed by atoms with E-state index in [9.17, 15) is 14.4 Å². The van der Waals surface area contributed by atoms with E-state index in [-0.39, 0.29) is 23.5 Å². The maximum atomic E-state index is 13.3. The van der Waals surface area contributed by atoms with Crippen molar-refractivity contribution in [3.8, 4) is 5.75 Å². The fourth-order valence-corrected chi connectivity index (χ4v) is 4.89. The maximum Gasteiger partial charge on any atom is 0.226 e. The fourth-order valence-electron chi connectivity index (χ4n) is 4.89. The molecule has 0 fully saturated rings. The van der Waals surface area contributed by atoms with Crippen molar-refractivity contribution >= 4 is 34.7 Å². The minimum Gasteiger partial charge on any atom is -0.497 e. The first-order valence-electron chi connectivity index (χ1n) is 18.1. The maximum absolute atomic E-state index is 13.3. The zero-order valence-electron chi connectivity index (χ0n) is 33.9. The van der Waals surface area contributed by atoms with Crippen LogP contribution in [0.4, 0.5) is 0 Å². The minimum absolute atomic E-state index is 0.00820. The summed E-state index contributed by atoms with van der Waals surface area (Å²) in [6, 6.07) is 32.5. The number of nitrogens with one attached hydrogen (secondary N) is 2. The molecule has 0 aromatic heterocycles. The number of aliphatic hydroxyl groups excluding tert-OH is 1. The number of benzene rings is 4. The molecule has 1 atom stereocenters. The van der Waals surface area contributed by atoms with E-state index < -0.39 is 0 Å². The second-order valence-corrected chi connectivity index (χ2v) is 12.1. The molecule has 9 nitrogen and oxygen atoms in total. The molecule has 4 aromatic rings. The van der Waals surface area contributed by atoms with Gasteiger partial charge in [0.15, 0.2) is 0 Å². The molecule has 292 valence electrons. The van der Waals surface area contributed by atoms with Gasteiger partial charge in [0.05, 0.1) is 13.7 Å². The van der Waals surface area contributed by atoms with Crippen LogP contribution in [-0.2, 0) is 38.7 Å². The average molecular weight is 732 g/mol. The summed E-state index contributed by atoms with van der Waals surface area (Å²) in [5, 5.41) is 14.9. The van der Waals surface area contributed by atoms with E-state index in [2.05, 4.69) is 66.9 Å². The molecular weight excluding hydrogens is 666 g/mol. The molecule has 0 radical (unpaired) electrons. The number of nitrogens with zero attached hydrogens (tertiary/aromatic N) is 1. The Morgan fingerprint density at radius 1 is 0.811 bits per heavy atom. The van der Waals surface area contributed by atoms with Gasteiger partial charge in [-0.2, -0.15) is 0 Å². The Kier molecular flexibility index (Phi) is 30.2. The molecule has 0 aliphatic rings. The number of ether oxygens (including phenoxy) is 1. The second kappa shape index (κ2) is 31.8. The third kappa shape index (κ3) is 23.3. The van der Waals surface area contributed by atoms with Crippen LogP contribution in [0.25, 0.3) is 10.8 Å². The van der Waals surface area contributed by atoms with Crippen LogP contribution < -0.4 is 15.4 Å². The lowest BCUT2D eigenvalue weighted by molar-refractivity contribution is -0.136. The smallest absolute Gasteiger partial charge is 0.226 e. The number of hydrogen-bond acceptors (Lipinski definition) is 7. The Morgan fingerprint density at radius 3 is 1.85 bits per heavy atom. The van der Waals surface area contributed by atoms with Crippen molar-refractivity contribution in [2.24, 2.45) is 11.8 Å². The summed E-state index contributed by atoms with van der Waals surface area (Å²) in [5.74, 6) is 1.58. The van der Waals surface area contributed by atoms with Gasteiger partial charge < -0.3 is 30.2 Å². The number of aldehydes is 1. The molecule has 0 spiro atoms. The molecule has 0 heterocycles. The van der Waals surface area contributed by atoms with Crippen molar-refractivity contribution in [2.75, 3.05) is 34.4 Å². The summed E-state index contributed by atoms with van der Waals surface area (Å²) >= 11 is 0. The van der Waals surface area contributed by atoms with Crippen LogP contribution >= 0.6 is 0 Å². The van der Waals surface area contributed by atoms with Gasteiger partial charge in [0.25, 0.3) is 0 Å². The first-order chi connectivity index (χ1) is 25.4. The SMILES string of the molecule is CC.CC(=O)NCc1ccccc1.CC=O.CNCC(C)=O.CO.COc1ccc(C[C@H](C)C(=O)N(Cc2cccc3ccccc23)CC(C)C)cc1. The highest BCUT2D eigenvalue weighted by atomic mass is 16.5. The topological polar surface area (TPSA) is 125 Å². The van der Waals surface area contributed by atoms with Gasteiger partial charge >= 0.3 is 0 Å². The lowest BCUT2D eigenvalue weighted by Crippen LogP contribution is -2.38. The van der Waals surface area contributed by atoms with Crippen LogP contribution in [0.2, 0.25) is 0 Å². The van der Waals surface area contributed by atoms with Crippen molar-refractivity contribution in [3.05, 3.63) is 114 Å². The van der Waals surface area contributed by atoms with Crippen LogP contribution in [0.3, 0.4) is 0 Å². The molecule has 4 rings (SSSR count). The number of hydrogen-bond donors (Lipinski definition) is 3. The summed E-state index contributed by atoms with van der Waals surface area (Å²) in [5.41, 5.74) is 3.48. The zero-order valence-corrected chi connectivity index (χ0v) is 33.9. The van der Waals surface area contributed by atoms with Gasteiger partial charge in [-0.05, 0) is 72.8 Å². The van der Waals surface area contributed by atoms with E-state index >= 15 is 0 Å². The van der Waals surface area contributed by atoms with Gasteiger partial charge in [0, 0.05) is 39.6 Å². The van der Waals surface area contributed by atoms with Crippen LogP contribution in [0, 0.1) is 11.8 Å². The van der Waals surface area contributed by atoms with Gasteiger partial charge in [0.2, 0.25) is 11.8 Å². The minimum atomic E-state index is -0.0721. The van der Waals surface area contributed by atoms with E-state index in [0.717, 1.165) is 43.2 Å². The lowest BCUT2D eigenvalue weighted by atomic mass is 9.98. The van der Waals surface area contributed by atoms with Gasteiger partial charge in [-0.15, -0.1) is 0 Å². The third-order valence-electron chi connectivity index (χ3n) is 7.07. The quantitative estimate of drug-likeness (QED) is 0.128. The summed E-state index contributed by atoms with van der Waals surface area (Å²) in [7, 11) is 4.42. The molecule has 53 heavy (non-hydrogen) atoms. The van der Waals surface area contributed by atoms with Crippen molar-refractivity contribution in [1.82, 2.24) is 15.5 Å². The van der Waals surface area contributed by atoms with Gasteiger partial charge in [-0.3, -0.25) is 14.4 Å². The monoisotopic (exact) mass is 731 g/mol. The molecule has 0 aliphatic heterocycles. The molecule has 9 heteroatoms. The van der Waals surface area contributed by atoms with Crippen molar-refractivity contribution in [1.29, 1.82) is 0 Å². The van der Waals surface area contributed by atoms with Crippen molar-refractivity contribution < 1.29 is 29.0 Å². The van der Waals surface area contributed by atoms with Crippen LogP contribution in [0.5, 0.6) is 5.75 Å². The number of amides is 2. The van der Waals surface area contributed by atoms with E-state index in [1.807, 2.05) is 80.3 Å². The predicted octanol–water partition coefficient (Wildman–Crippen LogP) is 7.67. The highest BCUT2D eigenvalue weighted by Gasteiger charge is 2.22. The van der Waals surface area contributed by atoms with E-state index in [1.54, 1.807) is 21.1 Å². The summed E-state index contributed by atoms with van der Waals surface area (Å²) < 4.78 is 5.23. The number of Topliss-reactive ketones (excluding diaryl/α,β-unsaturated/α-hetero) is 1. The Morgan fingerprint density at radius 2 is 1.36 bits per heavy atom. The molecule has 0 bridgehead atoms. The number of methoxy groups -OCH3 is 1. The van der Waals surface area contributed by atoms with E-state index in [1.165, 1.54) is 30.2 Å². The Bertz CT molecular complexity index is 1540. The number of aliphatic hydroxyl groups is 1. The van der Waals surface area contributed by atoms with E-state index in [4.69, 9.17) is 14.6 Å². The first kappa shape index (κ1) is 50.2. The number of fused-ring (bicyclic) bond motifs is 1. The van der Waals surface area contributed by atoms with Gasteiger partial charge in [-0.25, -0.2) is 0 Å². The average Bonchev–Trinajstić information content (AvgIpc) is 3.16. The number of ketones is 1. The summed E-state index contributed by atoms with van der Waals surface area (Å²) in [6.45, 7) is 17.4. The number of rotatable bonds is 12. The number of carbonyl (C=O) groups is 4. The molecule has 4 aromatic carbocycles. The van der Waals surface area contributed by atoms with Gasteiger partial charge in [-0.1, -0.05) is 120 Å². The predicted molar refractivity (Wildman–Crippen MR) is 220 cm³/mol. The van der Waals surface area contributed by atoms with Crippen LogP contribution in [0.1, 0.15) is 72.1 Å². The Labute approximate surface area is 319 Å². The fraction of sp³-hybridized carbons (Fsp3) is 0.409. The van der Waals surface area contributed by atoms with Crippen molar-refractivity contribution in [3.63, 3.8) is 0 Å². The molecule has 2 amide bonds. The third-order valence-corrected chi connectivity index (χ3v) is 7.07. The van der Waals surface area contributed by atoms with Crippen LogP contribution in [-0.4, -0.2) is 68.2 Å². The standard InChI is InChI=1S/C26H31NO2.C9H11NO.C4H9NO.C2H4O.C2H6.CH4O/c1-19(2)17-27(18-23-10-7-9-22-8-5-6-11-25(22)23)26(28)20(3)16-21-12-14-24(29-4)15-13-21;1-8(11)10-7-9-5-3-2-4-6-9;1-4(6)3-5-2;1-2-3;2*1-2/h5-15,19-20H,16-18H2,1-4H3;2-6H,7H2,1H3,(H,10,11);5H,3H2,1-2H3;2H,1H3;1-2H3;2H,1H3/t20-;;;;;/m0...../s1. The summed E-state index contributed by atoms with van der Waals surface area (Å²) in [6.07, 6.45) is 1.48. The van der Waals surface area contributed by atoms with Crippen LogP contribution in [0.15, 0.2) is 97.1 Å². The first-order valence-corrected chi connectivity index (χ1v) is 18.1. The van der Waals surface area contributed by atoms with Gasteiger partial charge in [0.1, 0.15) is 17.8 Å². The normalized spacial score (nSPS) is 9.98. The lowest BCUT2D eigenvalue weighted by Gasteiger charge is -2.28. The molecule has 0 unspecified atom stereocenters. The molecule has 0 saturated heterocycles. The highest BCUT2D eigenvalue weighted by molar-refractivity contribution is 5.86. The Balaban J connectivity index is 0. The number of carbonyl (C=O) groups excluding carboxylic acids is 4. The largest absolute Gasteiger partial charge is 0.497 e. The zero-order chi connectivity index (χ0) is 40.6. The Hall–Kier alpha value is -4.86. The highest BCUT2D eigenvalue weighted by Crippen LogP contribution is 2.22. The second-order valence-electron chi connectivity index (χ2n) is 12.1. The number of likely N-dealkylation sites (N-methyl/N-ethyl adjacent to an activating group) is 1. The molecule has 0 saturated carbocycles. The van der Waals surface area contributed by atoms with Crippen molar-refractivity contribution in [2.45, 2.75) is 74.9 Å². The molecular formula is C44H65N3O6.